The van der Waals surface area contributed by atoms with Crippen molar-refractivity contribution in [3.63, 3.8) is 0 Å². The molecule has 0 aliphatic heterocycles. The highest BCUT2D eigenvalue weighted by atomic mass is 19.1. The van der Waals surface area contributed by atoms with Crippen molar-refractivity contribution >= 4 is 11.7 Å². The Morgan fingerprint density at radius 2 is 1.59 bits per heavy atom. The molecule has 2 N–H and O–H groups in total. The number of hydrogen-bond donors (Lipinski definition) is 2. The van der Waals surface area contributed by atoms with Gasteiger partial charge in [-0.25, -0.2) is 9.18 Å². The summed E-state index contributed by atoms with van der Waals surface area (Å²) in [6, 6.07) is 15.1. The van der Waals surface area contributed by atoms with E-state index in [2.05, 4.69) is 31.4 Å². The molecule has 3 nitrogen and oxygen atoms in total. The number of rotatable bonds is 3. The lowest BCUT2D eigenvalue weighted by molar-refractivity contribution is 0.229. The number of carbonyl (C=O) groups is 1. The number of nitrogens with one attached hydrogen (secondary N) is 2. The highest BCUT2D eigenvalue weighted by Crippen LogP contribution is 2.32. The van der Waals surface area contributed by atoms with Crippen LogP contribution in [0.2, 0.25) is 0 Å². The normalized spacial score (nSPS) is 12.5. The summed E-state index contributed by atoms with van der Waals surface area (Å²) in [5, 5.41) is 5.72. The third kappa shape index (κ3) is 4.32. The largest absolute Gasteiger partial charge is 0.331 e. The fourth-order valence-electron chi connectivity index (χ4n) is 2.28. The Morgan fingerprint density at radius 3 is 2.14 bits per heavy atom. The first kappa shape index (κ1) is 16.0. The molecule has 0 aromatic heterocycles. The van der Waals surface area contributed by atoms with Crippen LogP contribution in [0, 0.1) is 11.2 Å². The van der Waals surface area contributed by atoms with Gasteiger partial charge in [0.2, 0.25) is 0 Å². The van der Waals surface area contributed by atoms with Crippen molar-refractivity contribution < 1.29 is 9.18 Å². The van der Waals surface area contributed by atoms with Crippen molar-refractivity contribution in [2.24, 2.45) is 5.41 Å². The van der Waals surface area contributed by atoms with Crippen LogP contribution in [0.4, 0.5) is 14.9 Å². The molecule has 0 radical (unpaired) electrons. The number of benzene rings is 2. The van der Waals surface area contributed by atoms with Gasteiger partial charge in [-0.15, -0.1) is 0 Å². The first-order valence-corrected chi connectivity index (χ1v) is 7.24. The number of hydrogen-bond acceptors (Lipinski definition) is 1. The van der Waals surface area contributed by atoms with Crippen LogP contribution < -0.4 is 10.6 Å². The van der Waals surface area contributed by atoms with E-state index in [0.29, 0.717) is 5.69 Å². The first-order chi connectivity index (χ1) is 10.4. The van der Waals surface area contributed by atoms with Gasteiger partial charge in [0, 0.05) is 5.69 Å². The van der Waals surface area contributed by atoms with Gasteiger partial charge in [-0.05, 0) is 35.2 Å². The zero-order valence-corrected chi connectivity index (χ0v) is 13.1. The predicted octanol–water partition coefficient (Wildman–Crippen LogP) is 4.73. The summed E-state index contributed by atoms with van der Waals surface area (Å²) in [5.41, 5.74) is 1.46. The molecule has 0 heterocycles. The van der Waals surface area contributed by atoms with Gasteiger partial charge in [-0.3, -0.25) is 0 Å². The maximum Gasteiger partial charge on any atom is 0.319 e. The average Bonchev–Trinajstić information content (AvgIpc) is 2.47. The molecule has 0 fully saturated rings. The third-order valence-corrected chi connectivity index (χ3v) is 3.38. The monoisotopic (exact) mass is 300 g/mol. The van der Waals surface area contributed by atoms with Gasteiger partial charge in [0.15, 0.2) is 0 Å². The Balaban J connectivity index is 2.10. The molecule has 0 bridgehead atoms. The standard InChI is InChI=1S/C18H21FN2O/c1-18(2,3)16(13-7-5-4-6-8-13)21-17(22)20-15-11-9-14(19)10-12-15/h4-12,16H,1-3H3,(H2,20,21,22)/t16-/m1/s1. The van der Waals surface area contributed by atoms with E-state index in [1.54, 1.807) is 0 Å². The summed E-state index contributed by atoms with van der Waals surface area (Å²) >= 11 is 0. The molecule has 0 saturated carbocycles. The molecule has 2 aromatic rings. The van der Waals surface area contributed by atoms with Gasteiger partial charge in [-0.1, -0.05) is 51.1 Å². The second kappa shape index (κ2) is 6.60. The molecule has 0 spiro atoms. The van der Waals surface area contributed by atoms with Gasteiger partial charge >= 0.3 is 6.03 Å². The van der Waals surface area contributed by atoms with Crippen LogP contribution in [0.1, 0.15) is 32.4 Å². The molecule has 0 saturated heterocycles. The van der Waals surface area contributed by atoms with E-state index in [9.17, 15) is 9.18 Å². The first-order valence-electron chi connectivity index (χ1n) is 7.24. The van der Waals surface area contributed by atoms with Crippen LogP contribution in [0.25, 0.3) is 0 Å². The molecular weight excluding hydrogens is 279 g/mol. The van der Waals surface area contributed by atoms with E-state index >= 15 is 0 Å². The average molecular weight is 300 g/mol. The SMILES string of the molecule is CC(C)(C)[C@H](NC(=O)Nc1ccc(F)cc1)c1ccccc1. The van der Waals surface area contributed by atoms with Crippen molar-refractivity contribution in [1.29, 1.82) is 0 Å². The van der Waals surface area contributed by atoms with Gasteiger partial charge in [0.25, 0.3) is 0 Å². The Morgan fingerprint density at radius 1 is 1.00 bits per heavy atom. The van der Waals surface area contributed by atoms with Gasteiger partial charge in [0.05, 0.1) is 6.04 Å². The smallest absolute Gasteiger partial charge is 0.319 e. The van der Waals surface area contributed by atoms with Crippen molar-refractivity contribution in [2.75, 3.05) is 5.32 Å². The van der Waals surface area contributed by atoms with E-state index in [1.807, 2.05) is 30.3 Å². The van der Waals surface area contributed by atoms with E-state index < -0.39 is 0 Å². The maximum atomic E-state index is 12.9. The zero-order chi connectivity index (χ0) is 16.2. The van der Waals surface area contributed by atoms with Crippen LogP contribution in [0.15, 0.2) is 54.6 Å². The number of halogens is 1. The molecular formula is C18H21FN2O. The summed E-state index contributed by atoms with van der Waals surface area (Å²) in [7, 11) is 0. The third-order valence-electron chi connectivity index (χ3n) is 3.38. The van der Waals surface area contributed by atoms with Crippen LogP contribution in [0.5, 0.6) is 0 Å². The number of urea groups is 1. The van der Waals surface area contributed by atoms with Crippen molar-refractivity contribution in [2.45, 2.75) is 26.8 Å². The van der Waals surface area contributed by atoms with Gasteiger partial charge in [-0.2, -0.15) is 0 Å². The second-order valence-electron chi connectivity index (χ2n) is 6.32. The van der Waals surface area contributed by atoms with E-state index in [1.165, 1.54) is 24.3 Å². The lowest BCUT2D eigenvalue weighted by Crippen LogP contribution is -2.39. The van der Waals surface area contributed by atoms with E-state index in [4.69, 9.17) is 0 Å². The molecule has 4 heteroatoms. The summed E-state index contributed by atoms with van der Waals surface area (Å²) < 4.78 is 12.9. The molecule has 2 amide bonds. The molecule has 0 aliphatic rings. The molecule has 2 aromatic carbocycles. The molecule has 2 rings (SSSR count). The highest BCUT2D eigenvalue weighted by molar-refractivity contribution is 5.89. The summed E-state index contributed by atoms with van der Waals surface area (Å²) in [6.45, 7) is 6.22. The minimum atomic E-state index is -0.331. The molecule has 0 aliphatic carbocycles. The van der Waals surface area contributed by atoms with Crippen LogP contribution in [-0.2, 0) is 0 Å². The fourth-order valence-corrected chi connectivity index (χ4v) is 2.28. The molecule has 0 unspecified atom stereocenters. The van der Waals surface area contributed by atoms with Gasteiger partial charge in [0.1, 0.15) is 5.82 Å². The lowest BCUT2D eigenvalue weighted by atomic mass is 9.82. The van der Waals surface area contributed by atoms with Crippen molar-refractivity contribution in [3.8, 4) is 0 Å². The van der Waals surface area contributed by atoms with Crippen molar-refractivity contribution in [3.05, 3.63) is 66.0 Å². The minimum absolute atomic E-state index is 0.130. The minimum Gasteiger partial charge on any atom is -0.331 e. The van der Waals surface area contributed by atoms with E-state index in [0.717, 1.165) is 5.56 Å². The van der Waals surface area contributed by atoms with Crippen LogP contribution >= 0.6 is 0 Å². The van der Waals surface area contributed by atoms with Crippen LogP contribution in [-0.4, -0.2) is 6.03 Å². The Hall–Kier alpha value is -2.36. The number of carbonyl (C=O) groups excluding carboxylic acids is 1. The number of amides is 2. The Kier molecular flexibility index (Phi) is 4.81. The second-order valence-corrected chi connectivity index (χ2v) is 6.32. The summed E-state index contributed by atoms with van der Waals surface area (Å²) in [4.78, 5) is 12.2. The Bertz CT molecular complexity index is 618. The number of anilines is 1. The predicted molar refractivity (Wildman–Crippen MR) is 87.2 cm³/mol. The molecule has 22 heavy (non-hydrogen) atoms. The lowest BCUT2D eigenvalue weighted by Gasteiger charge is -2.32. The van der Waals surface area contributed by atoms with Gasteiger partial charge < -0.3 is 10.6 Å². The quantitative estimate of drug-likeness (QED) is 0.845. The van der Waals surface area contributed by atoms with Crippen LogP contribution in [0.3, 0.4) is 0 Å². The summed E-state index contributed by atoms with van der Waals surface area (Å²) in [5.74, 6) is -0.331. The molecule has 1 atom stereocenters. The fraction of sp³-hybridized carbons (Fsp3) is 0.278. The zero-order valence-electron chi connectivity index (χ0n) is 13.1. The topological polar surface area (TPSA) is 41.1 Å². The van der Waals surface area contributed by atoms with E-state index in [-0.39, 0.29) is 23.3 Å². The molecule has 116 valence electrons. The van der Waals surface area contributed by atoms with Crippen molar-refractivity contribution in [1.82, 2.24) is 5.32 Å². The maximum absolute atomic E-state index is 12.9. The summed E-state index contributed by atoms with van der Waals surface area (Å²) in [6.07, 6.45) is 0. The highest BCUT2D eigenvalue weighted by Gasteiger charge is 2.27. The Labute approximate surface area is 130 Å².